The number of rotatable bonds is 7. The van der Waals surface area contributed by atoms with E-state index in [2.05, 4.69) is 0 Å². The molecule has 0 unspecified atom stereocenters. The van der Waals surface area contributed by atoms with Gasteiger partial charge in [-0.15, -0.1) is 11.3 Å². The van der Waals surface area contributed by atoms with E-state index in [1.165, 1.54) is 4.90 Å². The Morgan fingerprint density at radius 3 is 2.48 bits per heavy atom. The van der Waals surface area contributed by atoms with Gasteiger partial charge in [0.25, 0.3) is 5.91 Å². The maximum atomic E-state index is 12.2. The van der Waals surface area contributed by atoms with Crippen LogP contribution in [0.3, 0.4) is 0 Å². The van der Waals surface area contributed by atoms with Crippen molar-refractivity contribution in [3.8, 4) is 5.75 Å². The molecule has 0 atom stereocenters. The number of hydrogen-bond donors (Lipinski definition) is 0. The molecule has 0 bridgehead atoms. The lowest BCUT2D eigenvalue weighted by Gasteiger charge is -2.25. The zero-order valence-electron chi connectivity index (χ0n) is 14.3. The zero-order valence-corrected chi connectivity index (χ0v) is 15.9. The molecule has 5 nitrogen and oxygen atoms in total. The quantitative estimate of drug-likeness (QED) is 0.685. The van der Waals surface area contributed by atoms with E-state index in [-0.39, 0.29) is 12.5 Å². The van der Waals surface area contributed by atoms with Crippen molar-refractivity contribution >= 4 is 34.8 Å². The molecule has 0 fully saturated rings. The number of esters is 1. The first-order chi connectivity index (χ1) is 11.8. The molecule has 1 aromatic carbocycles. The molecule has 0 saturated heterocycles. The number of carbonyl (C=O) groups excluding carboxylic acids is 2. The van der Waals surface area contributed by atoms with Crippen LogP contribution in [0.1, 0.15) is 18.7 Å². The second-order valence-electron chi connectivity index (χ2n) is 5.97. The third-order valence-corrected chi connectivity index (χ3v) is 4.52. The number of thiophene rings is 1. The normalized spacial score (nSPS) is 11.0. The molecule has 7 heteroatoms. The van der Waals surface area contributed by atoms with E-state index in [1.807, 2.05) is 17.5 Å². The van der Waals surface area contributed by atoms with Crippen LogP contribution in [0.15, 0.2) is 41.8 Å². The highest BCUT2D eigenvalue weighted by Gasteiger charge is 2.32. The number of nitrogens with zero attached hydrogens (tertiary/aromatic N) is 1. The van der Waals surface area contributed by atoms with Crippen molar-refractivity contribution in [1.29, 1.82) is 0 Å². The smallest absolute Gasteiger partial charge is 0.350 e. The highest BCUT2D eigenvalue weighted by Crippen LogP contribution is 2.21. The minimum Gasteiger partial charge on any atom is -0.476 e. The highest BCUT2D eigenvalue weighted by atomic mass is 35.5. The summed E-state index contributed by atoms with van der Waals surface area (Å²) in [7, 11) is 1.67. The Morgan fingerprint density at radius 1 is 1.20 bits per heavy atom. The molecule has 0 aliphatic carbocycles. The monoisotopic (exact) mass is 381 g/mol. The minimum absolute atomic E-state index is 0.274. The second kappa shape index (κ2) is 8.36. The van der Waals surface area contributed by atoms with E-state index < -0.39 is 11.6 Å². The lowest BCUT2D eigenvalue weighted by atomic mass is 10.1. The van der Waals surface area contributed by atoms with Gasteiger partial charge in [0.15, 0.2) is 12.2 Å². The maximum absolute atomic E-state index is 12.2. The summed E-state index contributed by atoms with van der Waals surface area (Å²) in [5.41, 5.74) is -1.22. The van der Waals surface area contributed by atoms with Crippen LogP contribution in [0.25, 0.3) is 0 Å². The number of ether oxygens (including phenoxy) is 2. The minimum atomic E-state index is -1.22. The molecular weight excluding hydrogens is 362 g/mol. The van der Waals surface area contributed by atoms with Crippen molar-refractivity contribution in [2.75, 3.05) is 13.7 Å². The van der Waals surface area contributed by atoms with Crippen LogP contribution in [0, 0.1) is 0 Å². The standard InChI is InChI=1S/C18H20ClNO4S/c1-18(2,24-14-8-6-13(19)7-9-14)17(22)23-12-16(21)20(3)11-15-5-4-10-25-15/h4-10H,11-12H2,1-3H3. The van der Waals surface area contributed by atoms with Crippen LogP contribution in [0.5, 0.6) is 5.75 Å². The maximum Gasteiger partial charge on any atom is 0.350 e. The predicted molar refractivity (Wildman–Crippen MR) is 97.9 cm³/mol. The molecule has 1 heterocycles. The second-order valence-corrected chi connectivity index (χ2v) is 7.44. The third kappa shape index (κ3) is 5.76. The molecule has 134 valence electrons. The van der Waals surface area contributed by atoms with Gasteiger partial charge in [0, 0.05) is 16.9 Å². The third-order valence-electron chi connectivity index (χ3n) is 3.40. The molecule has 0 aliphatic rings. The van der Waals surface area contributed by atoms with Crippen molar-refractivity contribution in [3.63, 3.8) is 0 Å². The average Bonchev–Trinajstić information content (AvgIpc) is 3.07. The van der Waals surface area contributed by atoms with Gasteiger partial charge in [0.1, 0.15) is 5.75 Å². The predicted octanol–water partition coefficient (Wildman–Crippen LogP) is 3.76. The molecule has 0 saturated carbocycles. The molecule has 0 N–H and O–H groups in total. The van der Waals surface area contributed by atoms with Gasteiger partial charge >= 0.3 is 5.97 Å². The Kier molecular flexibility index (Phi) is 6.45. The molecule has 1 aromatic heterocycles. The van der Waals surface area contributed by atoms with Crippen molar-refractivity contribution in [2.24, 2.45) is 0 Å². The van der Waals surface area contributed by atoms with E-state index in [4.69, 9.17) is 21.1 Å². The summed E-state index contributed by atoms with van der Waals surface area (Å²) >= 11 is 7.39. The summed E-state index contributed by atoms with van der Waals surface area (Å²) in [6.07, 6.45) is 0. The van der Waals surface area contributed by atoms with Crippen LogP contribution in [0.4, 0.5) is 0 Å². The largest absolute Gasteiger partial charge is 0.476 e. The zero-order chi connectivity index (χ0) is 18.4. The summed E-state index contributed by atoms with van der Waals surface area (Å²) < 4.78 is 10.8. The summed E-state index contributed by atoms with van der Waals surface area (Å²) in [5.74, 6) is -0.392. The first-order valence-corrected chi connectivity index (χ1v) is 8.92. The van der Waals surface area contributed by atoms with Crippen molar-refractivity contribution < 1.29 is 19.1 Å². The fourth-order valence-corrected chi connectivity index (χ4v) is 2.86. The van der Waals surface area contributed by atoms with Gasteiger partial charge in [0.05, 0.1) is 6.54 Å². The Bertz CT molecular complexity index is 713. The van der Waals surface area contributed by atoms with Crippen molar-refractivity contribution in [3.05, 3.63) is 51.7 Å². The number of benzene rings is 1. The molecule has 0 spiro atoms. The number of likely N-dealkylation sites (N-methyl/N-ethyl adjacent to an activating group) is 1. The Labute approximate surface area is 156 Å². The fraction of sp³-hybridized carbons (Fsp3) is 0.333. The van der Waals surface area contributed by atoms with Crippen LogP contribution >= 0.6 is 22.9 Å². The van der Waals surface area contributed by atoms with Gasteiger partial charge in [-0.25, -0.2) is 4.79 Å². The summed E-state index contributed by atoms with van der Waals surface area (Å²) in [6.45, 7) is 3.33. The number of hydrogen-bond acceptors (Lipinski definition) is 5. The van der Waals surface area contributed by atoms with E-state index in [9.17, 15) is 9.59 Å². The first kappa shape index (κ1) is 19.3. The first-order valence-electron chi connectivity index (χ1n) is 7.66. The van der Waals surface area contributed by atoms with Crippen LogP contribution in [0.2, 0.25) is 5.02 Å². The van der Waals surface area contributed by atoms with E-state index in [1.54, 1.807) is 56.5 Å². The summed E-state index contributed by atoms with van der Waals surface area (Å²) in [4.78, 5) is 26.9. The van der Waals surface area contributed by atoms with Gasteiger partial charge in [-0.2, -0.15) is 0 Å². The highest BCUT2D eigenvalue weighted by molar-refractivity contribution is 7.09. The van der Waals surface area contributed by atoms with Gasteiger partial charge < -0.3 is 14.4 Å². The molecule has 25 heavy (non-hydrogen) atoms. The van der Waals surface area contributed by atoms with Crippen LogP contribution in [-0.2, 0) is 20.9 Å². The number of halogens is 1. The topological polar surface area (TPSA) is 55.8 Å². The lowest BCUT2D eigenvalue weighted by molar-refractivity contribution is -0.163. The van der Waals surface area contributed by atoms with Crippen LogP contribution < -0.4 is 4.74 Å². The number of amides is 1. The molecule has 0 aliphatic heterocycles. The van der Waals surface area contributed by atoms with Crippen molar-refractivity contribution in [2.45, 2.75) is 26.0 Å². The number of carbonyl (C=O) groups is 2. The summed E-state index contributed by atoms with van der Waals surface area (Å²) in [6, 6.07) is 10.5. The van der Waals surface area contributed by atoms with Gasteiger partial charge in [-0.3, -0.25) is 4.79 Å². The SMILES string of the molecule is CN(Cc1cccs1)C(=O)COC(=O)C(C)(C)Oc1ccc(Cl)cc1. The average molecular weight is 382 g/mol. The van der Waals surface area contributed by atoms with E-state index >= 15 is 0 Å². The molecule has 2 rings (SSSR count). The molecular formula is C18H20ClNO4S. The van der Waals surface area contributed by atoms with Gasteiger partial charge in [-0.05, 0) is 49.6 Å². The molecule has 2 aromatic rings. The Morgan fingerprint density at radius 2 is 1.88 bits per heavy atom. The summed E-state index contributed by atoms with van der Waals surface area (Å²) in [5, 5.41) is 2.52. The van der Waals surface area contributed by atoms with Crippen molar-refractivity contribution in [1.82, 2.24) is 4.90 Å². The molecule has 1 amide bonds. The van der Waals surface area contributed by atoms with E-state index in [0.717, 1.165) is 4.88 Å². The fourth-order valence-electron chi connectivity index (χ4n) is 1.97. The lowest BCUT2D eigenvalue weighted by Crippen LogP contribution is -2.41. The van der Waals surface area contributed by atoms with Gasteiger partial charge in [-0.1, -0.05) is 17.7 Å². The van der Waals surface area contributed by atoms with Gasteiger partial charge in [0.2, 0.25) is 0 Å². The van der Waals surface area contributed by atoms with E-state index in [0.29, 0.717) is 17.3 Å². The Balaban J connectivity index is 1.85. The van der Waals surface area contributed by atoms with Crippen LogP contribution in [-0.4, -0.2) is 36.0 Å². The molecule has 0 radical (unpaired) electrons. The Hall–Kier alpha value is -2.05.